The minimum atomic E-state index is -0.228. The minimum absolute atomic E-state index is 0.228. The van der Waals surface area contributed by atoms with Crippen molar-refractivity contribution in [3.8, 4) is 0 Å². The van der Waals surface area contributed by atoms with E-state index in [1.54, 1.807) is 24.8 Å². The van der Waals surface area contributed by atoms with E-state index in [9.17, 15) is 0 Å². The molecule has 5 heteroatoms. The van der Waals surface area contributed by atoms with Gasteiger partial charge in [0, 0.05) is 18.6 Å². The Kier molecular flexibility index (Phi) is 3.19. The molecular formula is C11H13N5. The molecule has 0 aliphatic rings. The van der Waals surface area contributed by atoms with Crippen LogP contribution in [0.5, 0.6) is 0 Å². The molecule has 2 aromatic rings. The van der Waals surface area contributed by atoms with Crippen molar-refractivity contribution >= 4 is 0 Å². The van der Waals surface area contributed by atoms with Gasteiger partial charge in [0.1, 0.15) is 6.04 Å². The highest BCUT2D eigenvalue weighted by Crippen LogP contribution is 2.16. The summed E-state index contributed by atoms with van der Waals surface area (Å²) in [5, 5.41) is 0. The van der Waals surface area contributed by atoms with Gasteiger partial charge in [-0.2, -0.15) is 0 Å². The molecule has 0 saturated carbocycles. The number of aromatic nitrogens is 3. The van der Waals surface area contributed by atoms with Crippen molar-refractivity contribution in [2.45, 2.75) is 13.0 Å². The molecule has 1 atom stereocenters. The lowest BCUT2D eigenvalue weighted by Crippen LogP contribution is -2.30. The topological polar surface area (TPSA) is 76.7 Å². The molecule has 3 N–H and O–H groups in total. The van der Waals surface area contributed by atoms with Gasteiger partial charge in [0.05, 0.1) is 17.6 Å². The van der Waals surface area contributed by atoms with Gasteiger partial charge in [-0.05, 0) is 24.6 Å². The van der Waals surface area contributed by atoms with Gasteiger partial charge in [0.15, 0.2) is 0 Å². The van der Waals surface area contributed by atoms with E-state index in [-0.39, 0.29) is 6.04 Å². The van der Waals surface area contributed by atoms with Gasteiger partial charge in [-0.15, -0.1) is 0 Å². The second-order valence-electron chi connectivity index (χ2n) is 3.49. The first-order valence-corrected chi connectivity index (χ1v) is 4.96. The number of hydrogen-bond donors (Lipinski definition) is 2. The molecule has 0 bridgehead atoms. The molecule has 2 aromatic heterocycles. The molecule has 0 fully saturated rings. The van der Waals surface area contributed by atoms with Crippen molar-refractivity contribution in [3.63, 3.8) is 0 Å². The van der Waals surface area contributed by atoms with Crippen LogP contribution < -0.4 is 11.3 Å². The molecule has 82 valence electrons. The lowest BCUT2D eigenvalue weighted by molar-refractivity contribution is 0.602. The average Bonchev–Trinajstić information content (AvgIpc) is 2.31. The van der Waals surface area contributed by atoms with Crippen LogP contribution >= 0.6 is 0 Å². The van der Waals surface area contributed by atoms with E-state index in [1.807, 2.05) is 19.1 Å². The van der Waals surface area contributed by atoms with Gasteiger partial charge < -0.3 is 0 Å². The zero-order valence-electron chi connectivity index (χ0n) is 8.96. The number of aryl methyl sites for hydroxylation is 1. The molecule has 1 unspecified atom stereocenters. The smallest absolute Gasteiger partial charge is 0.107 e. The third-order valence-corrected chi connectivity index (χ3v) is 2.28. The maximum absolute atomic E-state index is 5.53. The Morgan fingerprint density at radius 1 is 1.19 bits per heavy atom. The number of hydrogen-bond acceptors (Lipinski definition) is 5. The highest BCUT2D eigenvalue weighted by atomic mass is 15.2. The van der Waals surface area contributed by atoms with Crippen LogP contribution in [0.25, 0.3) is 0 Å². The second kappa shape index (κ2) is 4.78. The Balaban J connectivity index is 2.37. The molecular weight excluding hydrogens is 202 g/mol. The van der Waals surface area contributed by atoms with Crippen LogP contribution in [0.3, 0.4) is 0 Å². The number of pyridine rings is 1. The zero-order chi connectivity index (χ0) is 11.4. The van der Waals surface area contributed by atoms with E-state index in [0.29, 0.717) is 0 Å². The van der Waals surface area contributed by atoms with E-state index in [0.717, 1.165) is 17.0 Å². The molecule has 0 spiro atoms. The minimum Gasteiger partial charge on any atom is -0.270 e. The number of rotatable bonds is 3. The van der Waals surface area contributed by atoms with Gasteiger partial charge in [0.25, 0.3) is 0 Å². The van der Waals surface area contributed by atoms with Crippen molar-refractivity contribution in [2.75, 3.05) is 0 Å². The van der Waals surface area contributed by atoms with Crippen LogP contribution in [-0.2, 0) is 0 Å². The van der Waals surface area contributed by atoms with E-state index in [2.05, 4.69) is 20.4 Å². The summed E-state index contributed by atoms with van der Waals surface area (Å²) < 4.78 is 0. The van der Waals surface area contributed by atoms with E-state index in [1.165, 1.54) is 0 Å². The van der Waals surface area contributed by atoms with E-state index < -0.39 is 0 Å². The third-order valence-electron chi connectivity index (χ3n) is 2.28. The van der Waals surface area contributed by atoms with Crippen molar-refractivity contribution in [3.05, 3.63) is 53.9 Å². The molecule has 0 aliphatic heterocycles. The Morgan fingerprint density at radius 2 is 2.00 bits per heavy atom. The van der Waals surface area contributed by atoms with Crippen LogP contribution in [0.4, 0.5) is 0 Å². The SMILES string of the molecule is Cc1ccnc(C(NN)c2cnccn2)c1. The Hall–Kier alpha value is -1.85. The number of hydrazine groups is 1. The average molecular weight is 215 g/mol. The highest BCUT2D eigenvalue weighted by molar-refractivity contribution is 5.23. The summed E-state index contributed by atoms with van der Waals surface area (Å²) in [6.07, 6.45) is 6.69. The Labute approximate surface area is 93.7 Å². The molecule has 2 rings (SSSR count). The third kappa shape index (κ3) is 2.21. The molecule has 16 heavy (non-hydrogen) atoms. The summed E-state index contributed by atoms with van der Waals surface area (Å²) >= 11 is 0. The molecule has 2 heterocycles. The molecule has 0 aliphatic carbocycles. The van der Waals surface area contributed by atoms with Gasteiger partial charge in [-0.25, -0.2) is 5.43 Å². The van der Waals surface area contributed by atoms with Gasteiger partial charge in [-0.1, -0.05) is 0 Å². The van der Waals surface area contributed by atoms with Crippen molar-refractivity contribution in [2.24, 2.45) is 5.84 Å². The fourth-order valence-electron chi connectivity index (χ4n) is 1.50. The molecule has 5 nitrogen and oxygen atoms in total. The predicted molar refractivity (Wildman–Crippen MR) is 60.2 cm³/mol. The van der Waals surface area contributed by atoms with Gasteiger partial charge in [-0.3, -0.25) is 20.8 Å². The summed E-state index contributed by atoms with van der Waals surface area (Å²) in [7, 11) is 0. The lowest BCUT2D eigenvalue weighted by Gasteiger charge is -2.14. The maximum Gasteiger partial charge on any atom is 0.107 e. The fraction of sp³-hybridized carbons (Fsp3) is 0.182. The molecule has 0 aromatic carbocycles. The first kappa shape index (κ1) is 10.7. The molecule has 0 amide bonds. The second-order valence-corrected chi connectivity index (χ2v) is 3.49. The van der Waals surface area contributed by atoms with Crippen LogP contribution in [-0.4, -0.2) is 15.0 Å². The first-order valence-electron chi connectivity index (χ1n) is 4.96. The molecule has 0 radical (unpaired) electrons. The predicted octanol–water partition coefficient (Wildman–Crippen LogP) is 0.733. The summed E-state index contributed by atoms with van der Waals surface area (Å²) in [5.41, 5.74) is 5.42. The summed E-state index contributed by atoms with van der Waals surface area (Å²) in [4.78, 5) is 12.5. The Morgan fingerprint density at radius 3 is 2.62 bits per heavy atom. The fourth-order valence-corrected chi connectivity index (χ4v) is 1.50. The highest BCUT2D eigenvalue weighted by Gasteiger charge is 2.14. The zero-order valence-corrected chi connectivity index (χ0v) is 8.96. The summed E-state index contributed by atoms with van der Waals surface area (Å²) in [6, 6.07) is 3.68. The van der Waals surface area contributed by atoms with Crippen LogP contribution in [0.15, 0.2) is 36.9 Å². The monoisotopic (exact) mass is 215 g/mol. The standard InChI is InChI=1S/C11H13N5/c1-8-2-3-14-9(6-8)11(16-12)10-7-13-4-5-15-10/h2-7,11,16H,12H2,1H3. The van der Waals surface area contributed by atoms with Crippen molar-refractivity contribution in [1.82, 2.24) is 20.4 Å². The number of nitrogens with one attached hydrogen (secondary N) is 1. The largest absolute Gasteiger partial charge is 0.270 e. The summed E-state index contributed by atoms with van der Waals surface area (Å²) in [6.45, 7) is 2.01. The van der Waals surface area contributed by atoms with Gasteiger partial charge >= 0.3 is 0 Å². The quantitative estimate of drug-likeness (QED) is 0.583. The normalized spacial score (nSPS) is 12.4. The van der Waals surface area contributed by atoms with Gasteiger partial charge in [0.2, 0.25) is 0 Å². The lowest BCUT2D eigenvalue weighted by atomic mass is 10.1. The van der Waals surface area contributed by atoms with Crippen molar-refractivity contribution < 1.29 is 0 Å². The first-order chi connectivity index (χ1) is 7.81. The van der Waals surface area contributed by atoms with Crippen LogP contribution in [0.2, 0.25) is 0 Å². The number of nitrogens with two attached hydrogens (primary N) is 1. The van der Waals surface area contributed by atoms with E-state index in [4.69, 9.17) is 5.84 Å². The molecule has 0 saturated heterocycles. The summed E-state index contributed by atoms with van der Waals surface area (Å²) in [5.74, 6) is 5.53. The van der Waals surface area contributed by atoms with Crippen molar-refractivity contribution in [1.29, 1.82) is 0 Å². The van der Waals surface area contributed by atoms with E-state index >= 15 is 0 Å². The number of nitrogens with zero attached hydrogens (tertiary/aromatic N) is 3. The van der Waals surface area contributed by atoms with Crippen LogP contribution in [0, 0.1) is 6.92 Å². The Bertz CT molecular complexity index is 457. The maximum atomic E-state index is 5.53. The van der Waals surface area contributed by atoms with Crippen LogP contribution in [0.1, 0.15) is 23.0 Å².